The van der Waals surface area contributed by atoms with Crippen LogP contribution in [0.25, 0.3) is 0 Å². The van der Waals surface area contributed by atoms with Gasteiger partial charge in [0, 0.05) is 7.05 Å². The largest absolute Gasteiger partial charge is 0.481 e. The van der Waals surface area contributed by atoms with E-state index < -0.39 is 34.3 Å². The molecule has 25 heavy (non-hydrogen) atoms. The van der Waals surface area contributed by atoms with Crippen molar-refractivity contribution in [1.29, 1.82) is 0 Å². The second-order valence-corrected chi connectivity index (χ2v) is 9.47. The average Bonchev–Trinajstić information content (AvgIpc) is 2.72. The van der Waals surface area contributed by atoms with Gasteiger partial charge in [-0.3, -0.25) is 0 Å². The number of benzene rings is 1. The molecule has 0 saturated carbocycles. The zero-order valence-corrected chi connectivity index (χ0v) is 16.9. The first-order chi connectivity index (χ1) is 11.4. The molecule has 5 nitrogen and oxygen atoms in total. The molecule has 0 bridgehead atoms. The van der Waals surface area contributed by atoms with E-state index in [4.69, 9.17) is 9.31 Å². The highest BCUT2D eigenvalue weighted by molar-refractivity contribution is 7.89. The molecule has 2 rings (SSSR count). The normalized spacial score (nSPS) is 21.2. The van der Waals surface area contributed by atoms with Gasteiger partial charge in [0.05, 0.1) is 22.0 Å². The number of rotatable bonds is 5. The summed E-state index contributed by atoms with van der Waals surface area (Å²) in [5.41, 5.74) is -0.0321. The van der Waals surface area contributed by atoms with Gasteiger partial charge in [-0.05, 0) is 53.7 Å². The Bertz CT molecular complexity index is 725. The van der Waals surface area contributed by atoms with E-state index in [2.05, 4.69) is 0 Å². The number of likely N-dealkylation sites (N-methyl/N-ethyl adjacent to an activating group) is 1. The van der Waals surface area contributed by atoms with E-state index in [0.717, 1.165) is 5.56 Å². The van der Waals surface area contributed by atoms with E-state index >= 15 is 0 Å². The number of hydrogen-bond donors (Lipinski definition) is 0. The lowest BCUT2D eigenvalue weighted by Crippen LogP contribution is -2.47. The monoisotopic (exact) mass is 365 g/mol. The topological polar surface area (TPSA) is 55.8 Å². The Kier molecular flexibility index (Phi) is 5.54. The molecule has 7 heteroatoms. The summed E-state index contributed by atoms with van der Waals surface area (Å²) >= 11 is 0. The number of nitrogens with zero attached hydrogens (tertiary/aromatic N) is 1. The van der Waals surface area contributed by atoms with Crippen LogP contribution >= 0.6 is 0 Å². The third-order valence-corrected chi connectivity index (χ3v) is 6.93. The van der Waals surface area contributed by atoms with Crippen molar-refractivity contribution >= 4 is 17.1 Å². The maximum atomic E-state index is 13.0. The fourth-order valence-electron chi connectivity index (χ4n) is 2.65. The molecule has 0 aromatic heterocycles. The van der Waals surface area contributed by atoms with E-state index in [9.17, 15) is 8.42 Å². The third kappa shape index (κ3) is 3.84. The van der Waals surface area contributed by atoms with Crippen molar-refractivity contribution in [1.82, 2.24) is 4.31 Å². The van der Waals surface area contributed by atoms with Crippen LogP contribution < -0.4 is 0 Å². The van der Waals surface area contributed by atoms with Gasteiger partial charge in [0.25, 0.3) is 0 Å². The van der Waals surface area contributed by atoms with E-state index in [-0.39, 0.29) is 4.90 Å². The summed E-state index contributed by atoms with van der Waals surface area (Å²) in [4.78, 5) is 0.256. The molecule has 1 saturated heterocycles. The van der Waals surface area contributed by atoms with Crippen LogP contribution in [0.3, 0.4) is 0 Å². The summed E-state index contributed by atoms with van der Waals surface area (Å²) in [6.45, 7) is 11.6. The van der Waals surface area contributed by atoms with E-state index in [1.165, 1.54) is 4.31 Å². The van der Waals surface area contributed by atoms with Crippen LogP contribution in [0, 0.1) is 6.92 Å². The molecule has 1 aromatic rings. The minimum absolute atomic E-state index is 0.256. The third-order valence-electron chi connectivity index (χ3n) is 5.06. The summed E-state index contributed by atoms with van der Waals surface area (Å²) in [5.74, 6) is -0.558. The van der Waals surface area contributed by atoms with Crippen molar-refractivity contribution in [3.05, 3.63) is 42.0 Å². The molecule has 1 aliphatic heterocycles. The van der Waals surface area contributed by atoms with Crippen LogP contribution in [0.15, 0.2) is 41.3 Å². The summed E-state index contributed by atoms with van der Waals surface area (Å²) < 4.78 is 39.5. The van der Waals surface area contributed by atoms with Crippen LogP contribution in [-0.2, 0) is 19.3 Å². The van der Waals surface area contributed by atoms with Crippen LogP contribution in [0.1, 0.15) is 40.2 Å². The first kappa shape index (κ1) is 20.2. The van der Waals surface area contributed by atoms with Gasteiger partial charge in [-0.15, -0.1) is 0 Å². The van der Waals surface area contributed by atoms with Crippen LogP contribution in [-0.4, -0.2) is 44.0 Å². The lowest BCUT2D eigenvalue weighted by atomic mass is 9.78. The Labute approximate surface area is 152 Å². The standard InChI is InChI=1S/C18H28BNO4S/c1-8-9-16(19-23-17(3,4)18(5,6)24-19)20(7)25(21,22)15-12-10-14(2)11-13-15/h8-13,16H,1-7H3/b9-8+. The number of hydrogen-bond acceptors (Lipinski definition) is 4. The molecule has 1 heterocycles. The minimum atomic E-state index is -3.67. The van der Waals surface area contributed by atoms with Gasteiger partial charge < -0.3 is 9.31 Å². The Hall–Kier alpha value is -1.15. The van der Waals surface area contributed by atoms with Gasteiger partial charge in [0.1, 0.15) is 0 Å². The molecular formula is C18H28BNO4S. The molecule has 1 atom stereocenters. The average molecular weight is 365 g/mol. The maximum Gasteiger partial charge on any atom is 0.481 e. The van der Waals surface area contributed by atoms with Crippen LogP contribution in [0.5, 0.6) is 0 Å². The Morgan fingerprint density at radius 2 is 1.56 bits per heavy atom. The number of allylic oxidation sites excluding steroid dienone is 1. The Balaban J connectivity index is 2.36. The zero-order valence-electron chi connectivity index (χ0n) is 16.1. The fourth-order valence-corrected chi connectivity index (χ4v) is 3.95. The second-order valence-electron chi connectivity index (χ2n) is 7.48. The molecule has 138 valence electrons. The van der Waals surface area contributed by atoms with Gasteiger partial charge in [-0.25, -0.2) is 8.42 Å². The molecule has 0 aliphatic carbocycles. The molecular weight excluding hydrogens is 337 g/mol. The number of sulfonamides is 1. The maximum absolute atomic E-state index is 13.0. The van der Waals surface area contributed by atoms with Crippen LogP contribution in [0.4, 0.5) is 0 Å². The van der Waals surface area contributed by atoms with Gasteiger partial charge >= 0.3 is 7.12 Å². The molecule has 1 aliphatic rings. The molecule has 1 aromatic carbocycles. The molecule has 1 unspecified atom stereocenters. The van der Waals surface area contributed by atoms with E-state index in [0.29, 0.717) is 0 Å². The van der Waals surface area contributed by atoms with Crippen molar-refractivity contribution in [2.45, 2.75) is 63.6 Å². The quantitative estimate of drug-likeness (QED) is 0.594. The van der Waals surface area contributed by atoms with Crippen molar-refractivity contribution < 1.29 is 17.7 Å². The first-order valence-electron chi connectivity index (χ1n) is 8.45. The lowest BCUT2D eigenvalue weighted by Gasteiger charge is -2.32. The van der Waals surface area contributed by atoms with E-state index in [1.807, 2.05) is 47.6 Å². The molecule has 0 amide bonds. The van der Waals surface area contributed by atoms with Crippen molar-refractivity contribution in [2.75, 3.05) is 7.05 Å². The van der Waals surface area contributed by atoms with Gasteiger partial charge in [-0.1, -0.05) is 29.8 Å². The van der Waals surface area contributed by atoms with Gasteiger partial charge in [0.2, 0.25) is 10.0 Å². The molecule has 0 radical (unpaired) electrons. The summed E-state index contributed by atoms with van der Waals surface area (Å²) in [6.07, 6.45) is 3.62. The highest BCUT2D eigenvalue weighted by Crippen LogP contribution is 2.38. The Morgan fingerprint density at radius 3 is 2.00 bits per heavy atom. The SMILES string of the molecule is C/C=C/C(B1OC(C)(C)C(C)(C)O1)N(C)S(=O)(=O)c1ccc(C)cc1. The molecule has 0 spiro atoms. The fraction of sp³-hybridized carbons (Fsp3) is 0.556. The van der Waals surface area contributed by atoms with Crippen LogP contribution in [0.2, 0.25) is 0 Å². The van der Waals surface area contributed by atoms with Crippen molar-refractivity contribution in [3.8, 4) is 0 Å². The lowest BCUT2D eigenvalue weighted by molar-refractivity contribution is 0.00578. The predicted molar refractivity (Wildman–Crippen MR) is 101 cm³/mol. The molecule has 0 N–H and O–H groups in total. The molecule has 1 fully saturated rings. The summed E-state index contributed by atoms with van der Waals surface area (Å²) in [6, 6.07) is 6.83. The smallest absolute Gasteiger partial charge is 0.402 e. The van der Waals surface area contributed by atoms with Gasteiger partial charge in [-0.2, -0.15) is 4.31 Å². The Morgan fingerprint density at radius 1 is 1.08 bits per heavy atom. The highest BCUT2D eigenvalue weighted by Gasteiger charge is 2.55. The minimum Gasteiger partial charge on any atom is -0.402 e. The van der Waals surface area contributed by atoms with Gasteiger partial charge in [0.15, 0.2) is 0 Å². The zero-order chi connectivity index (χ0) is 19.0. The van der Waals surface area contributed by atoms with Crippen molar-refractivity contribution in [3.63, 3.8) is 0 Å². The van der Waals surface area contributed by atoms with Crippen molar-refractivity contribution in [2.24, 2.45) is 0 Å². The highest BCUT2D eigenvalue weighted by atomic mass is 32.2. The second kappa shape index (κ2) is 6.87. The van der Waals surface area contributed by atoms with E-state index in [1.54, 1.807) is 37.4 Å². The first-order valence-corrected chi connectivity index (χ1v) is 9.89. The number of aryl methyl sites for hydroxylation is 1. The summed E-state index contributed by atoms with van der Waals surface area (Å²) in [7, 11) is -2.78. The predicted octanol–water partition coefficient (Wildman–Crippen LogP) is 3.19. The summed E-state index contributed by atoms with van der Waals surface area (Å²) in [5, 5.41) is 0.